The normalized spacial score (nSPS) is 12.7. The summed E-state index contributed by atoms with van der Waals surface area (Å²) in [7, 11) is 0. The lowest BCUT2D eigenvalue weighted by Gasteiger charge is -2.18. The molecular formula is C66H114O6. The Morgan fingerprint density at radius 1 is 0.292 bits per heavy atom. The van der Waals surface area contributed by atoms with Gasteiger partial charge in [0.25, 0.3) is 0 Å². The Hall–Kier alpha value is -3.41. The molecule has 0 rings (SSSR count). The first-order valence-corrected chi connectivity index (χ1v) is 30.6. The molecule has 0 aromatic rings. The van der Waals surface area contributed by atoms with Crippen LogP contribution in [-0.2, 0) is 28.6 Å². The van der Waals surface area contributed by atoms with Crippen molar-refractivity contribution < 1.29 is 28.6 Å². The molecule has 1 atom stereocenters. The Kier molecular flexibility index (Phi) is 57.3. The van der Waals surface area contributed by atoms with Gasteiger partial charge in [0.2, 0.25) is 0 Å². The minimum atomic E-state index is -0.801. The predicted octanol–water partition coefficient (Wildman–Crippen LogP) is 20.7. The monoisotopic (exact) mass is 1000 g/mol. The minimum Gasteiger partial charge on any atom is -0.462 e. The molecule has 6 nitrogen and oxygen atoms in total. The number of hydrogen-bond donors (Lipinski definition) is 0. The third-order valence-corrected chi connectivity index (χ3v) is 13.1. The summed E-state index contributed by atoms with van der Waals surface area (Å²) in [6, 6.07) is 0. The van der Waals surface area contributed by atoms with Gasteiger partial charge in [-0.25, -0.2) is 0 Å². The average molecular weight is 1000 g/mol. The van der Waals surface area contributed by atoms with E-state index in [1.165, 1.54) is 167 Å². The standard InChI is InChI=1S/C66H114O6/c1-4-7-10-13-16-19-22-25-28-31-33-36-38-41-44-47-50-53-56-59-65(68)71-62-63(61-70-64(67)58-55-52-49-46-43-40-37-34-30-27-24-21-18-15-12-9-6-3)72-66(69)60-57-54-51-48-45-42-39-35-32-29-26-23-20-17-14-11-8-5-2/h9,12,16,18-19,21,25,27-28,30,37,40,46,49,63H,4-8,10-11,13-15,17,20,22-24,26,29,31-36,38-39,41-45,47-48,50-62H2,1-3H3/b12-9-,19-16-,21-18-,28-25-,30-27-,40-37-,49-46-/t63-/m1/s1. The number of rotatable bonds is 55. The molecule has 0 bridgehead atoms. The second-order valence-corrected chi connectivity index (χ2v) is 20.2. The fraction of sp³-hybridized carbons (Fsp3) is 0.742. The molecule has 0 aromatic heterocycles. The van der Waals surface area contributed by atoms with E-state index in [0.717, 1.165) is 83.5 Å². The molecule has 0 heterocycles. The van der Waals surface area contributed by atoms with Crippen molar-refractivity contribution in [2.75, 3.05) is 13.2 Å². The molecule has 0 amide bonds. The molecule has 0 N–H and O–H groups in total. The number of allylic oxidation sites excluding steroid dienone is 14. The zero-order valence-electron chi connectivity index (χ0n) is 47.4. The van der Waals surface area contributed by atoms with Gasteiger partial charge in [0.05, 0.1) is 0 Å². The van der Waals surface area contributed by atoms with Gasteiger partial charge in [0.15, 0.2) is 6.10 Å². The van der Waals surface area contributed by atoms with Gasteiger partial charge < -0.3 is 14.2 Å². The molecule has 0 aliphatic heterocycles. The summed E-state index contributed by atoms with van der Waals surface area (Å²) in [4.78, 5) is 38.2. The number of hydrogen-bond acceptors (Lipinski definition) is 6. The molecule has 0 spiro atoms. The van der Waals surface area contributed by atoms with Crippen LogP contribution in [0.2, 0.25) is 0 Å². The van der Waals surface area contributed by atoms with Crippen LogP contribution < -0.4 is 0 Å². The molecule has 0 fully saturated rings. The van der Waals surface area contributed by atoms with Crippen molar-refractivity contribution in [2.24, 2.45) is 0 Å². The second-order valence-electron chi connectivity index (χ2n) is 20.2. The highest BCUT2D eigenvalue weighted by atomic mass is 16.6. The SMILES string of the molecule is CC/C=C\C/C=C\C/C=C\C/C=C\C/C=C\CCCC(=O)OC[C@H](COC(=O)CCCCCCCCCCC/C=C\C/C=C\CCCCC)OC(=O)CCCCCCCCCCCCCCCCCCCC. The third-order valence-electron chi connectivity index (χ3n) is 13.1. The van der Waals surface area contributed by atoms with Crippen molar-refractivity contribution in [3.8, 4) is 0 Å². The molecule has 0 radical (unpaired) electrons. The summed E-state index contributed by atoms with van der Waals surface area (Å²) in [5, 5.41) is 0. The lowest BCUT2D eigenvalue weighted by atomic mass is 10.0. The van der Waals surface area contributed by atoms with E-state index in [2.05, 4.69) is 106 Å². The summed E-state index contributed by atoms with van der Waals surface area (Å²) >= 11 is 0. The Bertz CT molecular complexity index is 1380. The molecule has 0 aromatic carbocycles. The number of carbonyl (C=O) groups excluding carboxylic acids is 3. The molecule has 0 aliphatic rings. The fourth-order valence-corrected chi connectivity index (χ4v) is 8.57. The van der Waals surface area contributed by atoms with Crippen molar-refractivity contribution in [1.82, 2.24) is 0 Å². The van der Waals surface area contributed by atoms with E-state index in [0.29, 0.717) is 19.3 Å². The highest BCUT2D eigenvalue weighted by molar-refractivity contribution is 5.71. The van der Waals surface area contributed by atoms with Crippen LogP contribution in [0.3, 0.4) is 0 Å². The summed E-state index contributed by atoms with van der Waals surface area (Å²) < 4.78 is 16.9. The van der Waals surface area contributed by atoms with Crippen LogP contribution in [0, 0.1) is 0 Å². The first-order valence-electron chi connectivity index (χ1n) is 30.6. The maximum atomic E-state index is 12.9. The largest absolute Gasteiger partial charge is 0.462 e. The van der Waals surface area contributed by atoms with Gasteiger partial charge in [-0.2, -0.15) is 0 Å². The van der Waals surface area contributed by atoms with Gasteiger partial charge in [-0.1, -0.05) is 273 Å². The fourth-order valence-electron chi connectivity index (χ4n) is 8.57. The van der Waals surface area contributed by atoms with Gasteiger partial charge in [-0.05, 0) is 89.9 Å². The summed E-state index contributed by atoms with van der Waals surface area (Å²) in [5.74, 6) is -0.947. The minimum absolute atomic E-state index is 0.0943. The molecule has 72 heavy (non-hydrogen) atoms. The smallest absolute Gasteiger partial charge is 0.306 e. The van der Waals surface area contributed by atoms with Crippen LogP contribution in [-0.4, -0.2) is 37.2 Å². The molecule has 0 saturated carbocycles. The van der Waals surface area contributed by atoms with Crippen LogP contribution in [0.15, 0.2) is 85.1 Å². The van der Waals surface area contributed by atoms with Crippen LogP contribution in [0.4, 0.5) is 0 Å². The molecule has 6 heteroatoms. The number of esters is 3. The quantitative estimate of drug-likeness (QED) is 0.0261. The second kappa shape index (κ2) is 60.1. The third kappa shape index (κ3) is 57.5. The first kappa shape index (κ1) is 68.6. The van der Waals surface area contributed by atoms with E-state index >= 15 is 0 Å². The van der Waals surface area contributed by atoms with E-state index < -0.39 is 6.10 Å². The van der Waals surface area contributed by atoms with Crippen LogP contribution >= 0.6 is 0 Å². The summed E-state index contributed by atoms with van der Waals surface area (Å²) in [6.07, 6.45) is 78.7. The summed E-state index contributed by atoms with van der Waals surface area (Å²) in [6.45, 7) is 6.48. The molecule has 0 aliphatic carbocycles. The van der Waals surface area contributed by atoms with Crippen molar-refractivity contribution in [1.29, 1.82) is 0 Å². The highest BCUT2D eigenvalue weighted by Crippen LogP contribution is 2.16. The van der Waals surface area contributed by atoms with Crippen LogP contribution in [0.1, 0.15) is 297 Å². The Morgan fingerprint density at radius 2 is 0.556 bits per heavy atom. The van der Waals surface area contributed by atoms with Gasteiger partial charge in [-0.3, -0.25) is 14.4 Å². The number of unbranched alkanes of at least 4 members (excludes halogenated alkanes) is 30. The van der Waals surface area contributed by atoms with Crippen molar-refractivity contribution in [3.63, 3.8) is 0 Å². The van der Waals surface area contributed by atoms with Crippen LogP contribution in [0.5, 0.6) is 0 Å². The van der Waals surface area contributed by atoms with Gasteiger partial charge in [0.1, 0.15) is 13.2 Å². The maximum absolute atomic E-state index is 12.9. The lowest BCUT2D eigenvalue weighted by Crippen LogP contribution is -2.30. The lowest BCUT2D eigenvalue weighted by molar-refractivity contribution is -0.167. The van der Waals surface area contributed by atoms with Crippen molar-refractivity contribution in [3.05, 3.63) is 85.1 Å². The topological polar surface area (TPSA) is 78.9 Å². The van der Waals surface area contributed by atoms with Gasteiger partial charge >= 0.3 is 17.9 Å². The Balaban J connectivity index is 4.44. The zero-order valence-corrected chi connectivity index (χ0v) is 47.4. The average Bonchev–Trinajstić information content (AvgIpc) is 3.38. The highest BCUT2D eigenvalue weighted by Gasteiger charge is 2.19. The van der Waals surface area contributed by atoms with Crippen molar-refractivity contribution in [2.45, 2.75) is 303 Å². The van der Waals surface area contributed by atoms with Crippen molar-refractivity contribution >= 4 is 17.9 Å². The molecule has 414 valence electrons. The van der Waals surface area contributed by atoms with Crippen LogP contribution in [0.25, 0.3) is 0 Å². The van der Waals surface area contributed by atoms with Gasteiger partial charge in [0, 0.05) is 19.3 Å². The van der Waals surface area contributed by atoms with E-state index in [9.17, 15) is 14.4 Å². The van der Waals surface area contributed by atoms with E-state index in [1.807, 2.05) is 0 Å². The maximum Gasteiger partial charge on any atom is 0.306 e. The first-order chi connectivity index (χ1) is 35.5. The molecular weight excluding hydrogens is 889 g/mol. The van der Waals surface area contributed by atoms with E-state index in [1.54, 1.807) is 0 Å². The molecule has 0 saturated heterocycles. The molecule has 0 unspecified atom stereocenters. The summed E-state index contributed by atoms with van der Waals surface area (Å²) in [5.41, 5.74) is 0. The number of carbonyl (C=O) groups is 3. The Labute approximate surface area is 445 Å². The Morgan fingerprint density at radius 3 is 0.931 bits per heavy atom. The predicted molar refractivity (Wildman–Crippen MR) is 311 cm³/mol. The van der Waals surface area contributed by atoms with E-state index in [4.69, 9.17) is 14.2 Å². The number of ether oxygens (including phenoxy) is 3. The van der Waals surface area contributed by atoms with E-state index in [-0.39, 0.29) is 37.5 Å². The van der Waals surface area contributed by atoms with Gasteiger partial charge in [-0.15, -0.1) is 0 Å². The zero-order chi connectivity index (χ0) is 52.2.